The first-order valence-corrected chi connectivity index (χ1v) is 7.38. The first-order valence-electron chi connectivity index (χ1n) is 4.76. The van der Waals surface area contributed by atoms with Gasteiger partial charge in [-0.25, -0.2) is 4.98 Å². The zero-order valence-electron chi connectivity index (χ0n) is 8.98. The number of thiophene rings is 1. The maximum Gasteiger partial charge on any atom is 0.124 e. The molecule has 2 rings (SSSR count). The molecule has 0 aromatic carbocycles. The van der Waals surface area contributed by atoms with Crippen molar-refractivity contribution < 1.29 is 0 Å². The first-order chi connectivity index (χ1) is 7.75. The van der Waals surface area contributed by atoms with Gasteiger partial charge in [-0.15, -0.1) is 23.7 Å². The number of aromatic nitrogens is 1. The van der Waals surface area contributed by atoms with Crippen molar-refractivity contribution in [1.29, 1.82) is 0 Å². The molecule has 2 heterocycles. The highest BCUT2D eigenvalue weighted by Crippen LogP contribution is 2.25. The monoisotopic (exact) mass is 350 g/mol. The summed E-state index contributed by atoms with van der Waals surface area (Å²) in [6, 6.07) is 2.10. The summed E-state index contributed by atoms with van der Waals surface area (Å²) in [6.45, 7) is 5.32. The lowest BCUT2D eigenvalue weighted by Gasteiger charge is -1.99. The lowest BCUT2D eigenvalue weighted by atomic mass is 10.3. The first kappa shape index (κ1) is 14.9. The van der Waals surface area contributed by atoms with Gasteiger partial charge in [0.05, 0.1) is 5.69 Å². The summed E-state index contributed by atoms with van der Waals surface area (Å²) in [5, 5.41) is 10.6. The molecule has 1 N–H and O–H groups in total. The average Bonchev–Trinajstić information content (AvgIpc) is 2.85. The maximum absolute atomic E-state index is 4.57. The van der Waals surface area contributed by atoms with E-state index in [0.29, 0.717) is 0 Å². The van der Waals surface area contributed by atoms with Gasteiger partial charge >= 0.3 is 0 Å². The third kappa shape index (κ3) is 4.52. The number of hydrogen-bond donors (Lipinski definition) is 1. The van der Waals surface area contributed by atoms with Crippen LogP contribution in [-0.4, -0.2) is 11.5 Å². The van der Waals surface area contributed by atoms with Crippen molar-refractivity contribution in [2.24, 2.45) is 0 Å². The Bertz CT molecular complexity index is 468. The molecule has 0 spiro atoms. The van der Waals surface area contributed by atoms with Crippen LogP contribution in [-0.2, 0) is 6.54 Å². The zero-order valence-corrected chi connectivity index (χ0v) is 13.0. The summed E-state index contributed by atoms with van der Waals surface area (Å²) in [4.78, 5) is 4.57. The number of halogens is 2. The Kier molecular flexibility index (Phi) is 6.37. The highest BCUT2D eigenvalue weighted by molar-refractivity contribution is 9.11. The van der Waals surface area contributed by atoms with Gasteiger partial charge in [-0.05, 0) is 11.4 Å². The van der Waals surface area contributed by atoms with Gasteiger partial charge in [0.25, 0.3) is 0 Å². The molecule has 0 fully saturated rings. The molecule has 0 radical (unpaired) electrons. The van der Waals surface area contributed by atoms with E-state index in [1.165, 1.54) is 5.56 Å². The molecule has 6 heteroatoms. The minimum atomic E-state index is 0. The molecule has 0 unspecified atom stereocenters. The van der Waals surface area contributed by atoms with Crippen molar-refractivity contribution in [2.45, 2.75) is 6.54 Å². The van der Waals surface area contributed by atoms with Gasteiger partial charge < -0.3 is 5.32 Å². The summed E-state index contributed by atoms with van der Waals surface area (Å²) >= 11 is 6.70. The molecular weight excluding hydrogens is 340 g/mol. The summed E-state index contributed by atoms with van der Waals surface area (Å²) in [5.74, 6) is 0. The van der Waals surface area contributed by atoms with Gasteiger partial charge in [0.15, 0.2) is 0 Å². The number of rotatable bonds is 5. The van der Waals surface area contributed by atoms with E-state index in [2.05, 4.69) is 55.0 Å². The summed E-state index contributed by atoms with van der Waals surface area (Å²) in [6.07, 6.45) is 0. The Hall–Kier alpha value is -0.200. The van der Waals surface area contributed by atoms with Crippen LogP contribution in [0, 0.1) is 0 Å². The van der Waals surface area contributed by atoms with Gasteiger partial charge in [0.2, 0.25) is 0 Å². The fraction of sp³-hybridized carbons (Fsp3) is 0.182. The van der Waals surface area contributed by atoms with E-state index in [0.717, 1.165) is 28.3 Å². The largest absolute Gasteiger partial charge is 0.307 e. The minimum Gasteiger partial charge on any atom is -0.307 e. The lowest BCUT2D eigenvalue weighted by molar-refractivity contribution is 0.743. The van der Waals surface area contributed by atoms with Crippen LogP contribution in [0.3, 0.4) is 0 Å². The van der Waals surface area contributed by atoms with Crippen LogP contribution in [0.5, 0.6) is 0 Å². The predicted octanol–water partition coefficient (Wildman–Crippen LogP) is 4.29. The Morgan fingerprint density at radius 1 is 1.47 bits per heavy atom. The standard InChI is InChI=1S/C11H11BrN2S2.ClH/c1-8(12)4-13-5-10-7-16-11(14-10)9-2-3-15-6-9;/h2-3,6-7,13H,1,4-5H2;1H. The van der Waals surface area contributed by atoms with Gasteiger partial charge in [-0.3, -0.25) is 0 Å². The van der Waals surface area contributed by atoms with Gasteiger partial charge in [-0.2, -0.15) is 11.3 Å². The quantitative estimate of drug-likeness (QED) is 0.869. The Morgan fingerprint density at radius 3 is 2.94 bits per heavy atom. The molecule has 0 bridgehead atoms. The molecule has 0 atom stereocenters. The minimum absolute atomic E-state index is 0. The van der Waals surface area contributed by atoms with Gasteiger partial charge in [0.1, 0.15) is 5.01 Å². The molecule has 0 aliphatic heterocycles. The Balaban J connectivity index is 0.00000144. The van der Waals surface area contributed by atoms with Crippen molar-refractivity contribution in [3.05, 3.63) is 39.0 Å². The molecule has 0 aliphatic rings. The maximum atomic E-state index is 4.57. The van der Waals surface area contributed by atoms with E-state index in [1.54, 1.807) is 22.7 Å². The van der Waals surface area contributed by atoms with Crippen molar-refractivity contribution in [1.82, 2.24) is 10.3 Å². The average molecular weight is 352 g/mol. The van der Waals surface area contributed by atoms with Gasteiger partial charge in [-0.1, -0.05) is 22.5 Å². The van der Waals surface area contributed by atoms with Gasteiger partial charge in [0, 0.05) is 33.9 Å². The second kappa shape index (κ2) is 7.28. The second-order valence-corrected chi connectivity index (χ2v) is 6.04. The third-order valence-electron chi connectivity index (χ3n) is 1.94. The molecule has 17 heavy (non-hydrogen) atoms. The van der Waals surface area contributed by atoms with E-state index < -0.39 is 0 Å². The van der Waals surface area contributed by atoms with E-state index in [1.807, 2.05) is 0 Å². The smallest absolute Gasteiger partial charge is 0.124 e. The number of nitrogens with zero attached hydrogens (tertiary/aromatic N) is 1. The Morgan fingerprint density at radius 2 is 2.29 bits per heavy atom. The van der Waals surface area contributed by atoms with Crippen molar-refractivity contribution in [3.63, 3.8) is 0 Å². The topological polar surface area (TPSA) is 24.9 Å². The predicted molar refractivity (Wildman–Crippen MR) is 82.4 cm³/mol. The lowest BCUT2D eigenvalue weighted by Crippen LogP contribution is -2.14. The molecular formula is C11H12BrClN2S2. The van der Waals surface area contributed by atoms with Crippen LogP contribution >= 0.6 is 51.0 Å². The fourth-order valence-corrected chi connectivity index (χ4v) is 2.96. The van der Waals surface area contributed by atoms with Crippen LogP contribution in [0.2, 0.25) is 0 Å². The van der Waals surface area contributed by atoms with Crippen molar-refractivity contribution in [2.75, 3.05) is 6.54 Å². The SMILES string of the molecule is C=C(Br)CNCc1csc(-c2ccsc2)n1.Cl. The highest BCUT2D eigenvalue weighted by Gasteiger charge is 2.04. The van der Waals surface area contributed by atoms with E-state index in [9.17, 15) is 0 Å². The van der Waals surface area contributed by atoms with Crippen molar-refractivity contribution >= 4 is 51.0 Å². The van der Waals surface area contributed by atoms with Crippen molar-refractivity contribution in [3.8, 4) is 10.6 Å². The highest BCUT2D eigenvalue weighted by atomic mass is 79.9. The van der Waals surface area contributed by atoms with E-state index in [4.69, 9.17) is 0 Å². The number of hydrogen-bond acceptors (Lipinski definition) is 4. The van der Waals surface area contributed by atoms with Crippen LogP contribution in [0.4, 0.5) is 0 Å². The summed E-state index contributed by atoms with van der Waals surface area (Å²) in [7, 11) is 0. The molecule has 0 saturated heterocycles. The van der Waals surface area contributed by atoms with E-state index >= 15 is 0 Å². The molecule has 0 saturated carbocycles. The summed E-state index contributed by atoms with van der Waals surface area (Å²) in [5.41, 5.74) is 2.30. The van der Waals surface area contributed by atoms with Crippen LogP contribution < -0.4 is 5.32 Å². The molecule has 92 valence electrons. The molecule has 0 aliphatic carbocycles. The van der Waals surface area contributed by atoms with Crippen LogP contribution in [0.15, 0.2) is 33.3 Å². The number of nitrogens with one attached hydrogen (secondary N) is 1. The molecule has 2 nitrogen and oxygen atoms in total. The fourth-order valence-electron chi connectivity index (χ4n) is 1.23. The number of thiazole rings is 1. The molecule has 0 amide bonds. The van der Waals surface area contributed by atoms with Crippen LogP contribution in [0.25, 0.3) is 10.6 Å². The Labute approximate surface area is 123 Å². The van der Waals surface area contributed by atoms with E-state index in [-0.39, 0.29) is 12.4 Å². The third-order valence-corrected chi connectivity index (χ3v) is 3.85. The molecule has 2 aromatic rings. The second-order valence-electron chi connectivity index (χ2n) is 3.28. The normalized spacial score (nSPS) is 9.94. The van der Waals surface area contributed by atoms with Crippen LogP contribution in [0.1, 0.15) is 5.69 Å². The molecule has 2 aromatic heterocycles. The zero-order chi connectivity index (χ0) is 11.4. The summed E-state index contributed by atoms with van der Waals surface area (Å²) < 4.78 is 0.959.